The number of phenolic OH excluding ortho intramolecular Hbond substituents is 1. The number of aromatic hydroxyl groups is 1. The molecule has 0 aliphatic heterocycles. The number of hydrogen-bond acceptors (Lipinski definition) is 5. The molecule has 5 aliphatic rings. The van der Waals surface area contributed by atoms with E-state index in [0.29, 0.717) is 22.9 Å². The second-order valence-corrected chi connectivity index (χ2v) is 19.7. The Kier molecular flexibility index (Phi) is 8.77. The summed E-state index contributed by atoms with van der Waals surface area (Å²) >= 11 is 6.85. The second kappa shape index (κ2) is 11.7. The van der Waals surface area contributed by atoms with Gasteiger partial charge in [0.2, 0.25) is 5.91 Å². The van der Waals surface area contributed by atoms with E-state index < -0.39 is 17.4 Å². The van der Waals surface area contributed by atoms with Crippen molar-refractivity contribution in [1.82, 2.24) is 3.93 Å². The van der Waals surface area contributed by atoms with Crippen LogP contribution in [0.25, 0.3) is 0 Å². The molecule has 10 atom stereocenters. The zero-order valence-corrected chi connectivity index (χ0v) is 32.7. The third-order valence-corrected chi connectivity index (χ3v) is 16.8. The maximum atomic E-state index is 14.6. The Balaban J connectivity index is 1.33. The van der Waals surface area contributed by atoms with Gasteiger partial charge in [-0.25, -0.2) is 4.79 Å². The van der Waals surface area contributed by atoms with Crippen LogP contribution in [0.3, 0.4) is 0 Å². The summed E-state index contributed by atoms with van der Waals surface area (Å²) in [6, 6.07) is 3.55. The Morgan fingerprint density at radius 1 is 0.979 bits per heavy atom. The van der Waals surface area contributed by atoms with E-state index in [2.05, 4.69) is 73.6 Å². The molecule has 3 N–H and O–H groups in total. The lowest BCUT2D eigenvalue weighted by Crippen LogP contribution is -2.66. The van der Waals surface area contributed by atoms with Gasteiger partial charge in [0.15, 0.2) is 5.78 Å². The Morgan fingerprint density at radius 2 is 1.65 bits per heavy atom. The average molecular weight is 792 g/mol. The monoisotopic (exact) mass is 789 g/mol. The predicted octanol–water partition coefficient (Wildman–Crippen LogP) is 8.63. The number of fused-ring (bicyclic) bond motifs is 7. The number of amides is 1. The van der Waals surface area contributed by atoms with Crippen LogP contribution in [0.5, 0.6) is 5.75 Å². The van der Waals surface area contributed by atoms with Gasteiger partial charge in [-0.2, -0.15) is 0 Å². The minimum Gasteiger partial charge on any atom is -0.508 e. The van der Waals surface area contributed by atoms with E-state index in [0.717, 1.165) is 44.9 Å². The van der Waals surface area contributed by atoms with Crippen LogP contribution < -0.4 is 0 Å². The topological polar surface area (TPSA) is 115 Å². The average Bonchev–Trinajstić information content (AvgIpc) is 3.00. The molecule has 0 spiro atoms. The zero-order chi connectivity index (χ0) is 35.4. The van der Waals surface area contributed by atoms with Crippen LogP contribution in [0.1, 0.15) is 112 Å². The van der Waals surface area contributed by atoms with Crippen molar-refractivity contribution in [3.8, 4) is 5.75 Å². The number of aliphatic hydroxyl groups is 1. The molecule has 0 bridgehead atoms. The molecular formula is C39H53Br2NO6. The van der Waals surface area contributed by atoms with Gasteiger partial charge in [-0.1, -0.05) is 76.0 Å². The molecule has 0 saturated heterocycles. The fourth-order valence-corrected chi connectivity index (χ4v) is 13.2. The summed E-state index contributed by atoms with van der Waals surface area (Å²) in [6.07, 6.45) is 9.30. The number of nitrogens with zero attached hydrogens (tertiary/aromatic N) is 1. The molecule has 7 nitrogen and oxygen atoms in total. The number of carboxylic acids is 1. The molecule has 0 radical (unpaired) electrons. The fraction of sp³-hybridized carbons (Fsp3) is 0.718. The number of carboxylic acid groups (broad SMARTS) is 1. The van der Waals surface area contributed by atoms with Gasteiger partial charge in [-0.15, -0.1) is 0 Å². The number of rotatable bonds is 5. The first kappa shape index (κ1) is 36.1. The van der Waals surface area contributed by atoms with Gasteiger partial charge in [0.25, 0.3) is 0 Å². The first-order chi connectivity index (χ1) is 22.1. The van der Waals surface area contributed by atoms with Crippen molar-refractivity contribution in [2.45, 2.75) is 125 Å². The number of phenols is 1. The van der Waals surface area contributed by atoms with E-state index in [9.17, 15) is 29.7 Å². The molecule has 264 valence electrons. The van der Waals surface area contributed by atoms with E-state index in [1.54, 1.807) is 6.07 Å². The molecule has 1 unspecified atom stereocenters. The van der Waals surface area contributed by atoms with Crippen LogP contribution >= 0.6 is 32.1 Å². The molecule has 1 aromatic carbocycles. The zero-order valence-electron chi connectivity index (χ0n) is 29.5. The van der Waals surface area contributed by atoms with Gasteiger partial charge >= 0.3 is 5.97 Å². The van der Waals surface area contributed by atoms with Gasteiger partial charge in [0, 0.05) is 22.2 Å². The molecule has 1 amide bonds. The summed E-state index contributed by atoms with van der Waals surface area (Å²) in [7, 11) is 0. The van der Waals surface area contributed by atoms with Crippen LogP contribution in [0.15, 0.2) is 34.3 Å². The molecule has 48 heavy (non-hydrogen) atoms. The highest BCUT2D eigenvalue weighted by Crippen LogP contribution is 2.75. The Morgan fingerprint density at radius 3 is 2.29 bits per heavy atom. The van der Waals surface area contributed by atoms with Crippen molar-refractivity contribution in [2.75, 3.05) is 0 Å². The molecular weight excluding hydrogens is 738 g/mol. The number of carbonyl (C=O) groups is 3. The predicted molar refractivity (Wildman–Crippen MR) is 192 cm³/mol. The summed E-state index contributed by atoms with van der Waals surface area (Å²) in [6.45, 7) is 15.8. The van der Waals surface area contributed by atoms with E-state index in [1.165, 1.54) is 21.6 Å². The molecule has 0 aromatic heterocycles. The van der Waals surface area contributed by atoms with E-state index >= 15 is 0 Å². The van der Waals surface area contributed by atoms with Crippen LogP contribution in [0, 0.1) is 50.2 Å². The van der Waals surface area contributed by atoms with Gasteiger partial charge in [-0.3, -0.25) is 13.5 Å². The van der Waals surface area contributed by atoms with Gasteiger partial charge < -0.3 is 15.3 Å². The molecule has 5 aliphatic carbocycles. The third-order valence-electron chi connectivity index (χ3n) is 15.3. The molecule has 1 aromatic rings. The smallest absolute Gasteiger partial charge is 0.327 e. The second-order valence-electron chi connectivity index (χ2n) is 18.1. The van der Waals surface area contributed by atoms with E-state index in [-0.39, 0.29) is 74.8 Å². The van der Waals surface area contributed by atoms with Crippen molar-refractivity contribution in [3.63, 3.8) is 0 Å². The first-order valence-electron chi connectivity index (χ1n) is 17.8. The van der Waals surface area contributed by atoms with Crippen LogP contribution in [-0.2, 0) is 20.8 Å². The molecule has 4 saturated carbocycles. The van der Waals surface area contributed by atoms with Gasteiger partial charge in [-0.05, 0) is 120 Å². The number of benzene rings is 1. The lowest BCUT2D eigenvalue weighted by atomic mass is 9.33. The van der Waals surface area contributed by atoms with Crippen LogP contribution in [0.2, 0.25) is 0 Å². The van der Waals surface area contributed by atoms with E-state index in [1.807, 2.05) is 13.0 Å². The fourth-order valence-electron chi connectivity index (χ4n) is 11.9. The largest absolute Gasteiger partial charge is 0.508 e. The van der Waals surface area contributed by atoms with Gasteiger partial charge in [0.1, 0.15) is 11.8 Å². The third kappa shape index (κ3) is 5.12. The molecule has 0 heterocycles. The SMILES string of the molecule is CC1(C)[C@@H](O)CC[C@]2(C)[C@H]3C(=O)C=C4[C@@H]5C[C@@](C)(C(=O)N(Br)C(Cc6ccc(O)cc6Br)C(=O)O)CC[C@]5(C)CC[C@@]4(C)[C@]3(C)CC[C@@H]12. The standard InChI is InChI=1S/C39H53Br2NO6/c1-34(2)29-10-13-39(7)31(37(29,5)12-11-30(34)45)28(44)20-24-25-21-36(4,15-14-35(25,3)16-17-38(24,39)6)33(48)42(41)27(32(46)47)18-22-8-9-23(43)19-26(22)40/h8-9,19-20,25,27,29-31,43,45H,10-18,21H2,1-7H3,(H,46,47)/t25-,27?,29-,30-,31+,35+,36-,37-,38+,39+/m0/s1. The number of halogens is 2. The summed E-state index contributed by atoms with van der Waals surface area (Å²) in [5.41, 5.74) is 0.148. The number of ketones is 1. The number of carbonyl (C=O) groups excluding carboxylic acids is 2. The maximum Gasteiger partial charge on any atom is 0.327 e. The normalized spacial score (nSPS) is 42.3. The Hall–Kier alpha value is -1.71. The van der Waals surface area contributed by atoms with Crippen molar-refractivity contribution in [2.24, 2.45) is 50.2 Å². The lowest BCUT2D eigenvalue weighted by Gasteiger charge is -2.70. The number of aliphatic hydroxyl groups excluding tert-OH is 1. The number of hydrogen-bond donors (Lipinski definition) is 3. The van der Waals surface area contributed by atoms with Crippen molar-refractivity contribution < 1.29 is 29.7 Å². The number of aliphatic carboxylic acids is 1. The highest BCUT2D eigenvalue weighted by molar-refractivity contribution is 9.10. The van der Waals surface area contributed by atoms with Crippen molar-refractivity contribution in [3.05, 3.63) is 39.9 Å². The first-order valence-corrected chi connectivity index (χ1v) is 19.3. The minimum absolute atomic E-state index is 0.0336. The Bertz CT molecular complexity index is 1570. The van der Waals surface area contributed by atoms with Crippen LogP contribution in [0.4, 0.5) is 0 Å². The van der Waals surface area contributed by atoms with Crippen molar-refractivity contribution in [1.29, 1.82) is 0 Å². The van der Waals surface area contributed by atoms with Crippen LogP contribution in [-0.4, -0.2) is 49.1 Å². The lowest BCUT2D eigenvalue weighted by molar-refractivity contribution is -0.202. The summed E-state index contributed by atoms with van der Waals surface area (Å²) < 4.78 is 1.82. The summed E-state index contributed by atoms with van der Waals surface area (Å²) in [5, 5.41) is 31.1. The molecule has 4 fully saturated rings. The van der Waals surface area contributed by atoms with Gasteiger partial charge in [0.05, 0.1) is 22.3 Å². The Labute approximate surface area is 302 Å². The van der Waals surface area contributed by atoms with Crippen molar-refractivity contribution >= 4 is 49.7 Å². The minimum atomic E-state index is -1.15. The molecule has 6 rings (SSSR count). The maximum absolute atomic E-state index is 14.6. The summed E-state index contributed by atoms with van der Waals surface area (Å²) in [5.74, 6) is -0.877. The highest BCUT2D eigenvalue weighted by Gasteiger charge is 2.70. The summed E-state index contributed by atoms with van der Waals surface area (Å²) in [4.78, 5) is 41.6. The quantitative estimate of drug-likeness (QED) is 0.258. The highest BCUT2D eigenvalue weighted by atomic mass is 79.9. The molecule has 9 heteroatoms. The number of allylic oxidation sites excluding steroid dienone is 2. The van der Waals surface area contributed by atoms with E-state index in [4.69, 9.17) is 0 Å².